The van der Waals surface area contributed by atoms with Crippen LogP contribution in [0.1, 0.15) is 69.5 Å². The lowest BCUT2D eigenvalue weighted by atomic mass is 9.85. The van der Waals surface area contributed by atoms with Crippen molar-refractivity contribution in [2.45, 2.75) is 70.7 Å². The van der Waals surface area contributed by atoms with Crippen LogP contribution >= 0.6 is 0 Å². The Morgan fingerprint density at radius 1 is 0.979 bits per heavy atom. The zero-order valence-corrected chi connectivity index (χ0v) is 28.4. The van der Waals surface area contributed by atoms with Crippen LogP contribution in [-0.2, 0) is 21.4 Å². The third-order valence-corrected chi connectivity index (χ3v) is 9.52. The third-order valence-electron chi connectivity index (χ3n) is 9.52. The molecule has 2 fully saturated rings. The second-order valence-corrected chi connectivity index (χ2v) is 14.0. The first kappa shape index (κ1) is 32.4. The molecule has 2 saturated heterocycles. The Bertz CT molecular complexity index is 1720. The molecule has 256 valence electrons. The summed E-state index contributed by atoms with van der Waals surface area (Å²) in [5.41, 5.74) is 3.71. The van der Waals surface area contributed by atoms with E-state index in [9.17, 15) is 4.79 Å². The molecule has 13 nitrogen and oxygen atoms in total. The van der Waals surface area contributed by atoms with Gasteiger partial charge < -0.3 is 24.4 Å². The summed E-state index contributed by atoms with van der Waals surface area (Å²) < 4.78 is 21.7. The Morgan fingerprint density at radius 2 is 1.77 bits per heavy atom. The van der Waals surface area contributed by atoms with Crippen molar-refractivity contribution < 1.29 is 19.0 Å². The van der Waals surface area contributed by atoms with Gasteiger partial charge in [0.15, 0.2) is 5.65 Å². The monoisotopic (exact) mass is 657 g/mol. The van der Waals surface area contributed by atoms with Crippen LogP contribution in [0.2, 0.25) is 0 Å². The summed E-state index contributed by atoms with van der Waals surface area (Å²) in [6.07, 6.45) is 3.31. The van der Waals surface area contributed by atoms with E-state index >= 15 is 0 Å². The molecule has 3 aliphatic rings. The van der Waals surface area contributed by atoms with Crippen LogP contribution in [0.15, 0.2) is 48.7 Å². The van der Waals surface area contributed by atoms with E-state index in [0.717, 1.165) is 86.4 Å². The fraction of sp³-hybridized carbons (Fsp3) is 0.543. The second-order valence-electron chi connectivity index (χ2n) is 14.0. The highest BCUT2D eigenvalue weighted by Crippen LogP contribution is 2.39. The first-order chi connectivity index (χ1) is 23.2. The van der Waals surface area contributed by atoms with Gasteiger partial charge in [0.2, 0.25) is 5.95 Å². The van der Waals surface area contributed by atoms with Crippen LogP contribution < -0.4 is 20.3 Å². The molecule has 7 rings (SSSR count). The number of amides is 2. The Morgan fingerprint density at radius 3 is 2.56 bits per heavy atom. The number of carbonyl (C=O) groups excluding carboxylic acids is 1. The molecule has 0 spiro atoms. The number of anilines is 2. The normalized spacial score (nSPS) is 22.0. The summed E-state index contributed by atoms with van der Waals surface area (Å²) in [6.45, 7) is 15.5. The number of hydrogen-bond donors (Lipinski definition) is 2. The summed E-state index contributed by atoms with van der Waals surface area (Å²) in [7, 11) is 0. The van der Waals surface area contributed by atoms with Crippen LogP contribution in [0.5, 0.6) is 5.75 Å². The Hall–Kier alpha value is -4.20. The molecule has 1 aliphatic carbocycles. The SMILES string of the molecule is CC1COCCN1c1nnc2ccc(O[C@@H]3CC[C@H](NC(=O)Nc4cc(C(C)(C)C)nn4CCN4CCOCC4)c4ccccc43)cn12. The lowest BCUT2D eigenvalue weighted by Crippen LogP contribution is -2.44. The van der Waals surface area contributed by atoms with E-state index in [1.807, 2.05) is 45.6 Å². The molecule has 0 saturated carbocycles. The van der Waals surface area contributed by atoms with Crippen molar-refractivity contribution in [2.24, 2.45) is 0 Å². The smallest absolute Gasteiger partial charge is 0.320 e. The number of urea groups is 1. The largest absolute Gasteiger partial charge is 0.484 e. The van der Waals surface area contributed by atoms with E-state index in [2.05, 4.69) is 70.5 Å². The Labute approximate surface area is 281 Å². The number of rotatable bonds is 8. The minimum atomic E-state index is -0.245. The van der Waals surface area contributed by atoms with Crippen LogP contribution in [0, 0.1) is 0 Å². The third kappa shape index (κ3) is 6.99. The average molecular weight is 658 g/mol. The van der Waals surface area contributed by atoms with Gasteiger partial charge in [0.1, 0.15) is 17.7 Å². The molecule has 2 amide bonds. The molecule has 1 aromatic carbocycles. The molecular weight excluding hydrogens is 610 g/mol. The van der Waals surface area contributed by atoms with Crippen molar-refractivity contribution in [1.29, 1.82) is 0 Å². The lowest BCUT2D eigenvalue weighted by molar-refractivity contribution is 0.0360. The number of benzene rings is 1. The van der Waals surface area contributed by atoms with Gasteiger partial charge in [-0.3, -0.25) is 14.6 Å². The predicted octanol–water partition coefficient (Wildman–Crippen LogP) is 4.56. The van der Waals surface area contributed by atoms with Gasteiger partial charge in [0, 0.05) is 37.7 Å². The number of pyridine rings is 1. The Balaban J connectivity index is 1.04. The highest BCUT2D eigenvalue weighted by molar-refractivity contribution is 5.88. The van der Waals surface area contributed by atoms with Crippen molar-refractivity contribution in [3.8, 4) is 5.75 Å². The summed E-state index contributed by atoms with van der Waals surface area (Å²) in [5, 5.41) is 20.1. The summed E-state index contributed by atoms with van der Waals surface area (Å²) in [6, 6.07) is 13.9. The minimum Gasteiger partial charge on any atom is -0.484 e. The number of ether oxygens (including phenoxy) is 3. The summed E-state index contributed by atoms with van der Waals surface area (Å²) >= 11 is 0. The maximum Gasteiger partial charge on any atom is 0.320 e. The highest BCUT2D eigenvalue weighted by atomic mass is 16.5. The molecule has 3 aromatic heterocycles. The number of carbonyl (C=O) groups is 1. The van der Waals surface area contributed by atoms with Crippen molar-refractivity contribution in [2.75, 3.05) is 62.8 Å². The van der Waals surface area contributed by atoms with Gasteiger partial charge >= 0.3 is 6.03 Å². The van der Waals surface area contributed by atoms with Crippen molar-refractivity contribution >= 4 is 23.4 Å². The minimum absolute atomic E-state index is 0.143. The highest BCUT2D eigenvalue weighted by Gasteiger charge is 2.31. The molecular formula is C35H47N9O4. The standard InChI is InChI=1S/C35H47N9O4/c1-24-23-47-20-17-42(24)34-39-38-31-12-9-25(22-43(31)34)48-29-11-10-28(26-7-5-6-8-27(26)29)36-33(45)37-32-21-30(35(2,3)4)40-44(32)14-13-41-15-18-46-19-16-41/h5-9,12,21-22,24,28-29H,10-11,13-20,23H2,1-4H3,(H2,36,37,45)/t24?,28-,29+/m0/s1. The van der Waals surface area contributed by atoms with Gasteiger partial charge in [0.05, 0.1) is 56.9 Å². The molecule has 4 aromatic rings. The molecule has 2 N–H and O–H groups in total. The van der Waals surface area contributed by atoms with E-state index in [4.69, 9.17) is 19.3 Å². The molecule has 1 unspecified atom stereocenters. The van der Waals surface area contributed by atoms with Gasteiger partial charge in [0.25, 0.3) is 0 Å². The fourth-order valence-electron chi connectivity index (χ4n) is 6.76. The molecule has 5 heterocycles. The fourth-order valence-corrected chi connectivity index (χ4v) is 6.76. The molecule has 0 bridgehead atoms. The van der Waals surface area contributed by atoms with Crippen molar-refractivity contribution in [3.05, 3.63) is 65.5 Å². The second kappa shape index (κ2) is 13.7. The number of morpholine rings is 2. The topological polar surface area (TPSA) is 123 Å². The molecule has 3 atom stereocenters. The van der Waals surface area contributed by atoms with E-state index < -0.39 is 0 Å². The molecule has 48 heavy (non-hydrogen) atoms. The molecule has 2 aliphatic heterocycles. The molecule has 0 radical (unpaired) electrons. The van der Waals surface area contributed by atoms with Gasteiger partial charge in [-0.05, 0) is 43.0 Å². The van der Waals surface area contributed by atoms with Gasteiger partial charge in [-0.25, -0.2) is 9.48 Å². The van der Waals surface area contributed by atoms with Crippen LogP contribution in [0.4, 0.5) is 16.6 Å². The number of aromatic nitrogens is 5. The predicted molar refractivity (Wildman–Crippen MR) is 183 cm³/mol. The maximum atomic E-state index is 13.5. The van der Waals surface area contributed by atoms with Crippen LogP contribution in [0.25, 0.3) is 5.65 Å². The number of hydrogen-bond acceptors (Lipinski definition) is 9. The van der Waals surface area contributed by atoms with E-state index in [1.54, 1.807) is 0 Å². The Kier molecular flexibility index (Phi) is 9.25. The van der Waals surface area contributed by atoms with Gasteiger partial charge in [-0.15, -0.1) is 10.2 Å². The number of fused-ring (bicyclic) bond motifs is 2. The molecule has 13 heteroatoms. The van der Waals surface area contributed by atoms with Crippen molar-refractivity contribution in [3.63, 3.8) is 0 Å². The number of nitrogens with one attached hydrogen (secondary N) is 2. The quantitative estimate of drug-likeness (QED) is 0.281. The zero-order valence-electron chi connectivity index (χ0n) is 28.4. The zero-order chi connectivity index (χ0) is 33.3. The summed E-state index contributed by atoms with van der Waals surface area (Å²) in [4.78, 5) is 18.1. The lowest BCUT2D eigenvalue weighted by Gasteiger charge is -2.33. The maximum absolute atomic E-state index is 13.5. The average Bonchev–Trinajstić information content (AvgIpc) is 3.69. The van der Waals surface area contributed by atoms with E-state index in [-0.39, 0.29) is 29.6 Å². The first-order valence-corrected chi connectivity index (χ1v) is 17.1. The van der Waals surface area contributed by atoms with E-state index in [1.165, 1.54) is 0 Å². The van der Waals surface area contributed by atoms with Crippen LogP contribution in [0.3, 0.4) is 0 Å². The van der Waals surface area contributed by atoms with E-state index in [0.29, 0.717) is 25.6 Å². The first-order valence-electron chi connectivity index (χ1n) is 17.1. The number of nitrogens with zero attached hydrogens (tertiary/aromatic N) is 7. The summed E-state index contributed by atoms with van der Waals surface area (Å²) in [5.74, 6) is 2.24. The van der Waals surface area contributed by atoms with Gasteiger partial charge in [-0.1, -0.05) is 45.0 Å². The van der Waals surface area contributed by atoms with Crippen LogP contribution in [-0.4, -0.2) is 94.0 Å². The van der Waals surface area contributed by atoms with Gasteiger partial charge in [-0.2, -0.15) is 5.10 Å². The van der Waals surface area contributed by atoms with Crippen molar-refractivity contribution in [1.82, 2.24) is 34.6 Å².